The van der Waals surface area contributed by atoms with E-state index in [0.717, 1.165) is 66.4 Å². The van der Waals surface area contributed by atoms with E-state index in [0.29, 0.717) is 28.6 Å². The van der Waals surface area contributed by atoms with Gasteiger partial charge in [-0.25, -0.2) is 15.0 Å². The largest absolute Gasteiger partial charge is 0.308 e. The van der Waals surface area contributed by atoms with Crippen molar-refractivity contribution in [1.29, 1.82) is 10.5 Å². The average molecular weight is 789 g/mol. The first-order valence-corrected chi connectivity index (χ1v) is 20.6. The van der Waals surface area contributed by atoms with Crippen molar-refractivity contribution in [1.82, 2.24) is 19.5 Å². The highest BCUT2D eigenvalue weighted by Crippen LogP contribution is 2.45. The number of fused-ring (bicyclic) bond motifs is 3. The van der Waals surface area contributed by atoms with E-state index in [1.54, 1.807) is 0 Å². The number of benzene rings is 7. The van der Waals surface area contributed by atoms with Gasteiger partial charge in [0.15, 0.2) is 17.5 Å². The zero-order chi connectivity index (χ0) is 42.5. The maximum Gasteiger partial charge on any atom is 0.164 e. The molecule has 0 aliphatic rings. The smallest absolute Gasteiger partial charge is 0.164 e. The van der Waals surface area contributed by atoms with Gasteiger partial charge in [0.2, 0.25) is 0 Å². The lowest BCUT2D eigenvalue weighted by Gasteiger charge is -2.22. The predicted molar refractivity (Wildman–Crippen MR) is 248 cm³/mol. The van der Waals surface area contributed by atoms with Gasteiger partial charge in [-0.3, -0.25) is 0 Å². The monoisotopic (exact) mass is 788 g/mol. The molecular weight excluding hydrogens is 745 g/mol. The summed E-state index contributed by atoms with van der Waals surface area (Å²) in [6.07, 6.45) is 0. The lowest BCUT2D eigenvalue weighted by Crippen LogP contribution is -2.10. The first kappa shape index (κ1) is 38.8. The Kier molecular flexibility index (Phi) is 9.66. The van der Waals surface area contributed by atoms with Crippen LogP contribution < -0.4 is 0 Å². The number of hydrogen-bond acceptors (Lipinski definition) is 5. The number of nitriles is 2. The molecule has 61 heavy (non-hydrogen) atoms. The molecule has 0 aliphatic heterocycles. The number of rotatable bonds is 6. The molecule has 6 nitrogen and oxygen atoms in total. The number of aromatic nitrogens is 4. The molecule has 294 valence electrons. The highest BCUT2D eigenvalue weighted by molar-refractivity contribution is 6.11. The van der Waals surface area contributed by atoms with Gasteiger partial charge in [0.05, 0.1) is 40.0 Å². The summed E-state index contributed by atoms with van der Waals surface area (Å²) < 4.78 is 2.38. The summed E-state index contributed by atoms with van der Waals surface area (Å²) in [5.74, 6) is 1.64. The van der Waals surface area contributed by atoms with Crippen molar-refractivity contribution in [3.8, 4) is 74.2 Å². The van der Waals surface area contributed by atoms with Crippen LogP contribution in [-0.2, 0) is 10.8 Å². The van der Waals surface area contributed by atoms with Gasteiger partial charge in [-0.1, -0.05) is 139 Å². The maximum atomic E-state index is 10.2. The second kappa shape index (κ2) is 15.2. The fourth-order valence-corrected chi connectivity index (χ4v) is 8.06. The average Bonchev–Trinajstić information content (AvgIpc) is 3.61. The molecule has 2 aromatic heterocycles. The third-order valence-corrected chi connectivity index (χ3v) is 11.4. The number of hydrogen-bond donors (Lipinski definition) is 0. The topological polar surface area (TPSA) is 91.2 Å². The van der Waals surface area contributed by atoms with E-state index in [9.17, 15) is 10.5 Å². The summed E-state index contributed by atoms with van der Waals surface area (Å²) in [5.41, 5.74) is 12.7. The second-order valence-corrected chi connectivity index (χ2v) is 17.6. The molecule has 0 aliphatic carbocycles. The fraction of sp³-hybridized carbons (Fsp3) is 0.145. The van der Waals surface area contributed by atoms with E-state index in [4.69, 9.17) is 15.0 Å². The van der Waals surface area contributed by atoms with Gasteiger partial charge in [0.1, 0.15) is 0 Å². The maximum absolute atomic E-state index is 10.2. The molecule has 0 saturated heterocycles. The molecule has 9 aromatic rings. The summed E-state index contributed by atoms with van der Waals surface area (Å²) in [5, 5.41) is 22.4. The van der Waals surface area contributed by atoms with Crippen LogP contribution in [0.15, 0.2) is 158 Å². The Balaban J connectivity index is 1.44. The van der Waals surface area contributed by atoms with Gasteiger partial charge in [0.25, 0.3) is 0 Å². The van der Waals surface area contributed by atoms with Crippen molar-refractivity contribution in [3.63, 3.8) is 0 Å². The minimum Gasteiger partial charge on any atom is -0.308 e. The SMILES string of the molecule is CC(C)(C)c1ccc2c(c1)c1cc(C(C)(C)C)ccc1n2-c1c(-c2ccc(C#N)cc2)cc(-c2nc(-c3ccccc3)nc(-c3ccccc3)n2)cc1-c1cccc(C#N)c1. The minimum atomic E-state index is -0.0653. The summed E-state index contributed by atoms with van der Waals surface area (Å²) in [7, 11) is 0. The molecule has 0 spiro atoms. The Morgan fingerprint density at radius 1 is 0.410 bits per heavy atom. The third-order valence-electron chi connectivity index (χ3n) is 11.4. The van der Waals surface area contributed by atoms with E-state index < -0.39 is 0 Å². The standard InChI is InChI=1S/C55H44N6/c1-54(2,3)42-24-26-48-46(31-42)47-32-43(55(4,5)6)25-27-49(47)61(48)50-44(37-22-20-35(33-56)21-23-37)29-41(30-45(50)40-19-13-14-36(28-40)34-57)53-59-51(38-15-9-7-10-16-38)58-52(60-53)39-17-11-8-12-18-39/h7-32H,1-6H3. The Labute approximate surface area is 357 Å². The highest BCUT2D eigenvalue weighted by atomic mass is 15.0. The third kappa shape index (κ3) is 7.35. The molecule has 0 atom stereocenters. The zero-order valence-electron chi connectivity index (χ0n) is 35.2. The summed E-state index contributed by atoms with van der Waals surface area (Å²) in [6, 6.07) is 58.2. The van der Waals surface area contributed by atoms with Crippen LogP contribution in [0, 0.1) is 22.7 Å². The van der Waals surface area contributed by atoms with Crippen LogP contribution in [0.5, 0.6) is 0 Å². The predicted octanol–water partition coefficient (Wildman–Crippen LogP) is 13.6. The molecule has 7 aromatic carbocycles. The second-order valence-electron chi connectivity index (χ2n) is 17.6. The first-order chi connectivity index (χ1) is 29.4. The van der Waals surface area contributed by atoms with Crippen molar-refractivity contribution >= 4 is 21.8 Å². The van der Waals surface area contributed by atoms with Gasteiger partial charge < -0.3 is 4.57 Å². The minimum absolute atomic E-state index is 0.0653. The molecule has 0 amide bonds. The van der Waals surface area contributed by atoms with Crippen LogP contribution in [-0.4, -0.2) is 19.5 Å². The van der Waals surface area contributed by atoms with Crippen LogP contribution in [0.4, 0.5) is 0 Å². The van der Waals surface area contributed by atoms with E-state index in [-0.39, 0.29) is 10.8 Å². The lowest BCUT2D eigenvalue weighted by atomic mass is 9.85. The van der Waals surface area contributed by atoms with Crippen molar-refractivity contribution < 1.29 is 0 Å². The Morgan fingerprint density at radius 2 is 0.869 bits per heavy atom. The zero-order valence-corrected chi connectivity index (χ0v) is 35.2. The van der Waals surface area contributed by atoms with Gasteiger partial charge in [0, 0.05) is 38.6 Å². The van der Waals surface area contributed by atoms with Crippen molar-refractivity contribution in [2.45, 2.75) is 52.4 Å². The first-order valence-electron chi connectivity index (χ1n) is 20.6. The normalized spacial score (nSPS) is 11.7. The number of nitrogens with zero attached hydrogens (tertiary/aromatic N) is 6. The fourth-order valence-electron chi connectivity index (χ4n) is 8.06. The Morgan fingerprint density at radius 3 is 1.34 bits per heavy atom. The van der Waals surface area contributed by atoms with Crippen molar-refractivity contribution in [2.75, 3.05) is 0 Å². The molecule has 0 saturated carbocycles. The van der Waals surface area contributed by atoms with E-state index in [1.807, 2.05) is 103 Å². The van der Waals surface area contributed by atoms with Gasteiger partial charge >= 0.3 is 0 Å². The van der Waals surface area contributed by atoms with Crippen LogP contribution in [0.1, 0.15) is 63.8 Å². The molecule has 6 heteroatoms. The van der Waals surface area contributed by atoms with E-state index in [2.05, 4.69) is 113 Å². The molecular formula is C55H44N6. The molecule has 0 unspecified atom stereocenters. The van der Waals surface area contributed by atoms with E-state index in [1.165, 1.54) is 11.1 Å². The Bertz CT molecular complexity index is 3080. The van der Waals surface area contributed by atoms with Crippen LogP contribution >= 0.6 is 0 Å². The quantitative estimate of drug-likeness (QED) is 0.167. The van der Waals surface area contributed by atoms with Gasteiger partial charge in [-0.15, -0.1) is 0 Å². The van der Waals surface area contributed by atoms with E-state index >= 15 is 0 Å². The van der Waals surface area contributed by atoms with Crippen LogP contribution in [0.2, 0.25) is 0 Å². The summed E-state index contributed by atoms with van der Waals surface area (Å²) >= 11 is 0. The Hall–Kier alpha value is -7.67. The molecule has 0 radical (unpaired) electrons. The summed E-state index contributed by atoms with van der Waals surface area (Å²) in [4.78, 5) is 15.3. The molecule has 9 rings (SSSR count). The molecule has 2 heterocycles. The molecule has 0 fully saturated rings. The van der Waals surface area contributed by atoms with Gasteiger partial charge in [-0.05, 0) is 93.7 Å². The van der Waals surface area contributed by atoms with Crippen molar-refractivity contribution in [3.05, 3.63) is 180 Å². The molecule has 0 N–H and O–H groups in total. The summed E-state index contributed by atoms with van der Waals surface area (Å²) in [6.45, 7) is 13.5. The van der Waals surface area contributed by atoms with Crippen LogP contribution in [0.25, 0.3) is 83.9 Å². The molecule has 0 bridgehead atoms. The van der Waals surface area contributed by atoms with Gasteiger partial charge in [-0.2, -0.15) is 10.5 Å². The highest BCUT2D eigenvalue weighted by Gasteiger charge is 2.26. The van der Waals surface area contributed by atoms with Crippen molar-refractivity contribution in [2.24, 2.45) is 0 Å². The van der Waals surface area contributed by atoms with Crippen LogP contribution in [0.3, 0.4) is 0 Å². The lowest BCUT2D eigenvalue weighted by molar-refractivity contribution is 0.590.